The van der Waals surface area contributed by atoms with Gasteiger partial charge in [-0.2, -0.15) is 0 Å². The van der Waals surface area contributed by atoms with E-state index < -0.39 is 0 Å². The van der Waals surface area contributed by atoms with Gasteiger partial charge in [0.05, 0.1) is 16.7 Å². The van der Waals surface area contributed by atoms with Gasteiger partial charge in [-0.05, 0) is 71.1 Å². The van der Waals surface area contributed by atoms with E-state index in [2.05, 4.69) is 168 Å². The molecule has 320 valence electrons. The van der Waals surface area contributed by atoms with Crippen LogP contribution in [0.3, 0.4) is 0 Å². The first-order valence-electron chi connectivity index (χ1n) is 23.1. The molecule has 12 aromatic rings. The molecule has 6 heteroatoms. The Labute approximate surface area is 392 Å². The third-order valence-electron chi connectivity index (χ3n) is 13.2. The number of rotatable bonds is 8. The summed E-state index contributed by atoms with van der Waals surface area (Å²) in [5.74, 6) is 1.92. The van der Waals surface area contributed by atoms with Crippen LogP contribution in [0.1, 0.15) is 17.9 Å². The Morgan fingerprint density at radius 2 is 1.13 bits per heavy atom. The third kappa shape index (κ3) is 6.73. The number of pyridine rings is 1. The van der Waals surface area contributed by atoms with E-state index in [9.17, 15) is 0 Å². The topological polar surface area (TPSA) is 69.6 Å². The summed E-state index contributed by atoms with van der Waals surface area (Å²) >= 11 is 0. The number of hydrogen-bond donors (Lipinski definition) is 0. The molecule has 4 aromatic heterocycles. The van der Waals surface area contributed by atoms with Crippen LogP contribution in [0.25, 0.3) is 117 Å². The van der Waals surface area contributed by atoms with Gasteiger partial charge in [-0.15, -0.1) is 0 Å². The van der Waals surface area contributed by atoms with Crippen molar-refractivity contribution >= 4 is 43.7 Å². The summed E-state index contributed by atoms with van der Waals surface area (Å²) in [4.78, 5) is 21.1. The molecule has 1 aliphatic rings. The lowest BCUT2D eigenvalue weighted by Crippen LogP contribution is -2.03. The average Bonchev–Trinajstić information content (AvgIpc) is 3.98. The van der Waals surface area contributed by atoms with Gasteiger partial charge in [0, 0.05) is 67.2 Å². The summed E-state index contributed by atoms with van der Waals surface area (Å²) in [6.07, 6.45) is 11.8. The molecule has 0 bridgehead atoms. The fourth-order valence-electron chi connectivity index (χ4n) is 10.1. The summed E-state index contributed by atoms with van der Waals surface area (Å²) in [5.41, 5.74) is 14.8. The molecule has 0 N–H and O–H groups in total. The van der Waals surface area contributed by atoms with Crippen LogP contribution in [-0.2, 0) is 0 Å². The van der Waals surface area contributed by atoms with Gasteiger partial charge in [0.2, 0.25) is 0 Å². The van der Waals surface area contributed by atoms with Gasteiger partial charge in [0.25, 0.3) is 0 Å². The second-order valence-electron chi connectivity index (χ2n) is 17.3. The molecule has 4 heterocycles. The van der Waals surface area contributed by atoms with Gasteiger partial charge >= 0.3 is 0 Å². The molecule has 0 fully saturated rings. The van der Waals surface area contributed by atoms with E-state index in [-0.39, 0.29) is 5.92 Å². The third-order valence-corrected chi connectivity index (χ3v) is 13.2. The highest BCUT2D eigenvalue weighted by Crippen LogP contribution is 2.45. The van der Waals surface area contributed by atoms with E-state index in [1.807, 2.05) is 66.9 Å². The number of hydrogen-bond acceptors (Lipinski definition) is 5. The fourth-order valence-corrected chi connectivity index (χ4v) is 10.1. The highest BCUT2D eigenvalue weighted by atomic mass is 16.3. The van der Waals surface area contributed by atoms with Crippen molar-refractivity contribution in [2.45, 2.75) is 12.3 Å². The second-order valence-corrected chi connectivity index (χ2v) is 17.3. The zero-order valence-electron chi connectivity index (χ0n) is 36.9. The van der Waals surface area contributed by atoms with Crippen LogP contribution in [0.15, 0.2) is 235 Å². The minimum atomic E-state index is 0.228. The van der Waals surface area contributed by atoms with Crippen molar-refractivity contribution in [3.63, 3.8) is 0 Å². The number of nitrogens with zero attached hydrogens (tertiary/aromatic N) is 5. The molecule has 0 spiro atoms. The zero-order chi connectivity index (χ0) is 45.0. The summed E-state index contributed by atoms with van der Waals surface area (Å²) in [6.45, 7) is 0. The lowest BCUT2D eigenvalue weighted by molar-refractivity contribution is 0.671. The number of aromatic nitrogens is 5. The quantitative estimate of drug-likeness (QED) is 0.152. The van der Waals surface area contributed by atoms with E-state index in [0.717, 1.165) is 89.5 Å². The van der Waals surface area contributed by atoms with Gasteiger partial charge < -0.3 is 8.98 Å². The van der Waals surface area contributed by atoms with Crippen molar-refractivity contribution in [2.75, 3.05) is 0 Å². The van der Waals surface area contributed by atoms with Gasteiger partial charge in [-0.3, -0.25) is 4.98 Å². The Kier molecular flexibility index (Phi) is 9.53. The van der Waals surface area contributed by atoms with Crippen molar-refractivity contribution < 1.29 is 4.42 Å². The molecular formula is C62H41N5O. The van der Waals surface area contributed by atoms with Crippen LogP contribution in [-0.4, -0.2) is 24.5 Å². The van der Waals surface area contributed by atoms with Crippen molar-refractivity contribution in [1.82, 2.24) is 24.5 Å². The molecule has 1 atom stereocenters. The maximum atomic E-state index is 7.03. The van der Waals surface area contributed by atoms with Crippen LogP contribution in [0.2, 0.25) is 0 Å². The molecular weight excluding hydrogens is 831 g/mol. The number of allylic oxidation sites excluding steroid dienone is 4. The van der Waals surface area contributed by atoms with Gasteiger partial charge in [0.15, 0.2) is 23.1 Å². The Balaban J connectivity index is 1.07. The van der Waals surface area contributed by atoms with Gasteiger partial charge in [-0.25, -0.2) is 15.0 Å². The van der Waals surface area contributed by atoms with Gasteiger partial charge in [-0.1, -0.05) is 182 Å². The van der Waals surface area contributed by atoms with E-state index in [1.165, 1.54) is 22.1 Å². The Bertz CT molecular complexity index is 3870. The lowest BCUT2D eigenvalue weighted by Gasteiger charge is -2.20. The SMILES string of the molecule is C1=CCC(c2cc(-c3cnc(-c4cccc5oc6c(ccc7c8ccccc8n(-c8ccccc8)c76)c45)c(-c4nc(-c5ccccc5)nc(-c5ccccc5)n4)c3)ccc2-c2ccccc2)C=C1. The molecule has 0 radical (unpaired) electrons. The van der Waals surface area contributed by atoms with Crippen molar-refractivity contribution in [2.24, 2.45) is 0 Å². The van der Waals surface area contributed by atoms with E-state index >= 15 is 0 Å². The number of benzene rings is 8. The molecule has 0 saturated carbocycles. The van der Waals surface area contributed by atoms with E-state index in [4.69, 9.17) is 24.4 Å². The highest BCUT2D eigenvalue weighted by Gasteiger charge is 2.25. The second kappa shape index (κ2) is 16.5. The molecule has 0 amide bonds. The smallest absolute Gasteiger partial charge is 0.166 e. The summed E-state index contributed by atoms with van der Waals surface area (Å²) < 4.78 is 9.36. The first-order valence-corrected chi connectivity index (χ1v) is 23.1. The number of furan rings is 1. The summed E-state index contributed by atoms with van der Waals surface area (Å²) in [6, 6.07) is 69.8. The van der Waals surface area contributed by atoms with Crippen LogP contribution >= 0.6 is 0 Å². The molecule has 1 unspecified atom stereocenters. The molecule has 0 aliphatic heterocycles. The molecule has 0 saturated heterocycles. The maximum absolute atomic E-state index is 7.03. The summed E-state index contributed by atoms with van der Waals surface area (Å²) in [7, 11) is 0. The minimum absolute atomic E-state index is 0.228. The molecule has 6 nitrogen and oxygen atoms in total. The molecule has 1 aliphatic carbocycles. The van der Waals surface area contributed by atoms with E-state index in [0.29, 0.717) is 17.5 Å². The number of para-hydroxylation sites is 2. The molecule has 13 rings (SSSR count). The van der Waals surface area contributed by atoms with Crippen LogP contribution < -0.4 is 0 Å². The Hall–Kier alpha value is -9.00. The molecule has 8 aromatic carbocycles. The normalized spacial score (nSPS) is 13.6. The summed E-state index contributed by atoms with van der Waals surface area (Å²) in [5, 5.41) is 4.28. The largest absolute Gasteiger partial charge is 0.454 e. The van der Waals surface area contributed by atoms with Crippen molar-refractivity contribution in [3.05, 3.63) is 236 Å². The standard InChI is InChI=1S/C62H41N5O/c1-6-19-40(20-7-1)47-34-33-44(37-52(47)41-21-8-2-9-22-41)45-38-53(62-65-60(42-23-10-3-11-24-42)64-61(66-62)43-25-12-4-13-26-43)57(63-39-45)50-30-18-32-55-56(50)51-36-35-49-48-29-16-17-31-54(48)67(58(49)59(51)68-55)46-27-14-5-15-28-46/h1-21,23-39,41H,22H2. The molecule has 68 heavy (non-hydrogen) atoms. The predicted octanol–water partition coefficient (Wildman–Crippen LogP) is 15.9. The van der Waals surface area contributed by atoms with Gasteiger partial charge in [0.1, 0.15) is 5.58 Å². The zero-order valence-corrected chi connectivity index (χ0v) is 36.9. The average molecular weight is 872 g/mol. The monoisotopic (exact) mass is 871 g/mol. The van der Waals surface area contributed by atoms with E-state index in [1.54, 1.807) is 0 Å². The maximum Gasteiger partial charge on any atom is 0.166 e. The highest BCUT2D eigenvalue weighted by molar-refractivity contribution is 6.23. The predicted molar refractivity (Wildman–Crippen MR) is 277 cm³/mol. The first-order chi connectivity index (χ1) is 33.7. The van der Waals surface area contributed by atoms with Crippen molar-refractivity contribution in [1.29, 1.82) is 0 Å². The minimum Gasteiger partial charge on any atom is -0.454 e. The van der Waals surface area contributed by atoms with Crippen molar-refractivity contribution in [3.8, 4) is 73.4 Å². The van der Waals surface area contributed by atoms with Crippen LogP contribution in [0, 0.1) is 0 Å². The number of fused-ring (bicyclic) bond motifs is 7. The lowest BCUT2D eigenvalue weighted by atomic mass is 9.84. The van der Waals surface area contributed by atoms with Crippen LogP contribution in [0.5, 0.6) is 0 Å². The fraction of sp³-hybridized carbons (Fsp3) is 0.0323. The Morgan fingerprint density at radius 1 is 0.471 bits per heavy atom. The Morgan fingerprint density at radius 3 is 1.85 bits per heavy atom. The van der Waals surface area contributed by atoms with Crippen LogP contribution in [0.4, 0.5) is 0 Å². The first kappa shape index (κ1) is 39.4.